The SMILES string of the molecule is C=C(C)CSc1nnc(S[C@@H](C)C(=O)Nc2cccc(F)c2)s1. The molecule has 0 unspecified atom stereocenters. The van der Waals surface area contributed by atoms with Crippen molar-refractivity contribution in [3.05, 3.63) is 42.2 Å². The highest BCUT2D eigenvalue weighted by atomic mass is 32.2. The van der Waals surface area contributed by atoms with E-state index in [0.717, 1.165) is 20.0 Å². The molecule has 0 radical (unpaired) electrons. The van der Waals surface area contributed by atoms with Crippen molar-refractivity contribution in [2.45, 2.75) is 27.8 Å². The van der Waals surface area contributed by atoms with Crippen molar-refractivity contribution in [1.29, 1.82) is 0 Å². The smallest absolute Gasteiger partial charge is 0.237 e. The summed E-state index contributed by atoms with van der Waals surface area (Å²) in [5, 5.41) is 10.5. The van der Waals surface area contributed by atoms with Crippen LogP contribution in [0.1, 0.15) is 13.8 Å². The van der Waals surface area contributed by atoms with E-state index in [1.165, 1.54) is 35.2 Å². The molecular weight excluding hydrogens is 353 g/mol. The van der Waals surface area contributed by atoms with E-state index in [2.05, 4.69) is 22.1 Å². The predicted octanol–water partition coefficient (Wildman–Crippen LogP) is 4.46. The zero-order chi connectivity index (χ0) is 16.8. The van der Waals surface area contributed by atoms with Crippen LogP contribution in [0.25, 0.3) is 0 Å². The summed E-state index contributed by atoms with van der Waals surface area (Å²) in [7, 11) is 0. The van der Waals surface area contributed by atoms with Gasteiger partial charge in [-0.25, -0.2) is 4.39 Å². The van der Waals surface area contributed by atoms with E-state index in [1.807, 2.05) is 6.92 Å². The summed E-state index contributed by atoms with van der Waals surface area (Å²) in [6, 6.07) is 5.82. The van der Waals surface area contributed by atoms with E-state index in [9.17, 15) is 9.18 Å². The second-order valence-electron chi connectivity index (χ2n) is 4.84. The number of anilines is 1. The number of nitrogens with zero attached hydrogens (tertiary/aromatic N) is 2. The summed E-state index contributed by atoms with van der Waals surface area (Å²) >= 11 is 4.36. The van der Waals surface area contributed by atoms with Crippen LogP contribution in [0.15, 0.2) is 45.1 Å². The molecule has 2 aromatic rings. The van der Waals surface area contributed by atoms with E-state index in [1.54, 1.807) is 30.8 Å². The number of nitrogens with one attached hydrogen (secondary N) is 1. The molecule has 1 amide bonds. The van der Waals surface area contributed by atoms with E-state index in [-0.39, 0.29) is 17.0 Å². The number of thioether (sulfide) groups is 2. The molecule has 1 N–H and O–H groups in total. The Morgan fingerprint density at radius 2 is 2.17 bits per heavy atom. The standard InChI is InChI=1S/C15H16FN3OS3/c1-9(2)8-21-14-18-19-15(23-14)22-10(3)13(20)17-12-6-4-5-11(16)7-12/h4-7,10H,1,8H2,2-3H3,(H,17,20)/t10-/m0/s1. The second kappa shape index (κ2) is 8.47. The molecule has 0 aliphatic heterocycles. The lowest BCUT2D eigenvalue weighted by atomic mass is 10.3. The predicted molar refractivity (Wildman–Crippen MR) is 95.8 cm³/mol. The number of rotatable bonds is 7. The lowest BCUT2D eigenvalue weighted by molar-refractivity contribution is -0.115. The lowest BCUT2D eigenvalue weighted by Crippen LogP contribution is -2.22. The first-order chi connectivity index (χ1) is 10.9. The van der Waals surface area contributed by atoms with Gasteiger partial charge in [-0.1, -0.05) is 53.1 Å². The Hall–Kier alpha value is -1.38. The normalized spacial score (nSPS) is 12.0. The minimum Gasteiger partial charge on any atom is -0.325 e. The quantitative estimate of drug-likeness (QED) is 0.577. The lowest BCUT2D eigenvalue weighted by Gasteiger charge is -2.10. The molecule has 1 aromatic carbocycles. The third-order valence-electron chi connectivity index (χ3n) is 2.57. The number of carbonyl (C=O) groups is 1. The third-order valence-corrected chi connectivity index (χ3v) is 6.04. The molecule has 1 heterocycles. The minimum absolute atomic E-state index is 0.202. The van der Waals surface area contributed by atoms with Gasteiger partial charge in [0.05, 0.1) is 5.25 Å². The van der Waals surface area contributed by atoms with E-state index in [0.29, 0.717) is 5.69 Å². The van der Waals surface area contributed by atoms with Gasteiger partial charge in [0.25, 0.3) is 0 Å². The Morgan fingerprint density at radius 1 is 1.43 bits per heavy atom. The second-order valence-corrected chi connectivity index (χ2v) is 8.63. The zero-order valence-electron chi connectivity index (χ0n) is 12.7. The molecule has 0 aliphatic rings. The first-order valence-corrected chi connectivity index (χ1v) is 9.46. The third kappa shape index (κ3) is 5.96. The van der Waals surface area contributed by atoms with Crippen LogP contribution >= 0.6 is 34.9 Å². The van der Waals surface area contributed by atoms with Gasteiger partial charge in [-0.15, -0.1) is 10.2 Å². The Balaban J connectivity index is 1.89. The number of hydrogen-bond donors (Lipinski definition) is 1. The van der Waals surface area contributed by atoms with Crippen LogP contribution in [0.2, 0.25) is 0 Å². The van der Waals surface area contributed by atoms with Crippen LogP contribution in [0.5, 0.6) is 0 Å². The maximum atomic E-state index is 13.1. The average molecular weight is 370 g/mol. The van der Waals surface area contributed by atoms with Gasteiger partial charge in [0.15, 0.2) is 8.68 Å². The van der Waals surface area contributed by atoms with Crippen LogP contribution in [0.3, 0.4) is 0 Å². The van der Waals surface area contributed by atoms with Crippen LogP contribution < -0.4 is 5.32 Å². The fourth-order valence-corrected chi connectivity index (χ4v) is 4.51. The summed E-state index contributed by atoms with van der Waals surface area (Å²) < 4.78 is 14.7. The monoisotopic (exact) mass is 369 g/mol. The van der Waals surface area contributed by atoms with E-state index < -0.39 is 0 Å². The van der Waals surface area contributed by atoms with Crippen molar-refractivity contribution in [2.24, 2.45) is 0 Å². The summed E-state index contributed by atoms with van der Waals surface area (Å²) in [6.07, 6.45) is 0. The van der Waals surface area contributed by atoms with Gasteiger partial charge in [0, 0.05) is 11.4 Å². The van der Waals surface area contributed by atoms with Crippen molar-refractivity contribution in [2.75, 3.05) is 11.1 Å². The number of carbonyl (C=O) groups excluding carboxylic acids is 1. The van der Waals surface area contributed by atoms with Crippen LogP contribution in [0, 0.1) is 5.82 Å². The highest BCUT2D eigenvalue weighted by Gasteiger charge is 2.17. The molecule has 2 rings (SSSR count). The van der Waals surface area contributed by atoms with Crippen LogP contribution in [0.4, 0.5) is 10.1 Å². The topological polar surface area (TPSA) is 54.9 Å². The number of halogens is 1. The number of amides is 1. The highest BCUT2D eigenvalue weighted by molar-refractivity contribution is 8.04. The molecule has 122 valence electrons. The first kappa shape index (κ1) is 18.0. The molecule has 0 spiro atoms. The minimum atomic E-state index is -0.383. The molecule has 0 saturated carbocycles. The average Bonchev–Trinajstić information content (AvgIpc) is 2.92. The van der Waals surface area contributed by atoms with Crippen molar-refractivity contribution < 1.29 is 9.18 Å². The largest absolute Gasteiger partial charge is 0.325 e. The Kier molecular flexibility index (Phi) is 6.61. The van der Waals surface area contributed by atoms with Crippen LogP contribution in [-0.2, 0) is 4.79 Å². The Labute approximate surface area is 147 Å². The molecule has 23 heavy (non-hydrogen) atoms. The van der Waals surface area contributed by atoms with Gasteiger partial charge >= 0.3 is 0 Å². The van der Waals surface area contributed by atoms with E-state index >= 15 is 0 Å². The zero-order valence-corrected chi connectivity index (χ0v) is 15.2. The fourth-order valence-electron chi connectivity index (χ4n) is 1.50. The van der Waals surface area contributed by atoms with Gasteiger partial charge < -0.3 is 5.32 Å². The summed E-state index contributed by atoms with van der Waals surface area (Å²) in [6.45, 7) is 7.59. The van der Waals surface area contributed by atoms with Gasteiger partial charge in [0.1, 0.15) is 5.82 Å². The fraction of sp³-hybridized carbons (Fsp3) is 0.267. The highest BCUT2D eigenvalue weighted by Crippen LogP contribution is 2.32. The molecule has 1 aromatic heterocycles. The van der Waals surface area contributed by atoms with Crippen LogP contribution in [-0.4, -0.2) is 27.1 Å². The summed E-state index contributed by atoms with van der Waals surface area (Å²) in [5.74, 6) is 0.216. The summed E-state index contributed by atoms with van der Waals surface area (Å²) in [4.78, 5) is 12.1. The van der Waals surface area contributed by atoms with Crippen molar-refractivity contribution >= 4 is 46.5 Å². The molecule has 8 heteroatoms. The van der Waals surface area contributed by atoms with Gasteiger partial charge in [-0.3, -0.25) is 4.79 Å². The van der Waals surface area contributed by atoms with Gasteiger partial charge in [0.2, 0.25) is 5.91 Å². The molecule has 4 nitrogen and oxygen atoms in total. The first-order valence-electron chi connectivity index (χ1n) is 6.78. The van der Waals surface area contributed by atoms with Crippen molar-refractivity contribution in [3.63, 3.8) is 0 Å². The molecule has 0 fully saturated rings. The van der Waals surface area contributed by atoms with Crippen molar-refractivity contribution in [3.8, 4) is 0 Å². The molecular formula is C15H16FN3OS3. The number of benzene rings is 1. The van der Waals surface area contributed by atoms with Crippen molar-refractivity contribution in [1.82, 2.24) is 10.2 Å². The number of hydrogen-bond acceptors (Lipinski definition) is 6. The molecule has 0 aliphatic carbocycles. The van der Waals surface area contributed by atoms with E-state index in [4.69, 9.17) is 0 Å². The van der Waals surface area contributed by atoms with Gasteiger partial charge in [-0.05, 0) is 32.0 Å². The Morgan fingerprint density at radius 3 is 2.87 bits per heavy atom. The Bertz CT molecular complexity index is 705. The maximum absolute atomic E-state index is 13.1. The van der Waals surface area contributed by atoms with Gasteiger partial charge in [-0.2, -0.15) is 0 Å². The molecule has 1 atom stereocenters. The molecule has 0 saturated heterocycles. The maximum Gasteiger partial charge on any atom is 0.237 e. The molecule has 0 bridgehead atoms. The summed E-state index contributed by atoms with van der Waals surface area (Å²) in [5.41, 5.74) is 1.51. The number of aromatic nitrogens is 2.